The maximum atomic E-state index is 13.3. The Kier molecular flexibility index (Phi) is 10.8. The number of aliphatic imine (C=N–C) groups is 1. The van der Waals surface area contributed by atoms with Crippen molar-refractivity contribution in [1.82, 2.24) is 19.8 Å². The second-order valence-electron chi connectivity index (χ2n) is 12.2. The molecule has 3 aromatic rings. The number of amidine groups is 1. The number of piperidine rings is 1. The van der Waals surface area contributed by atoms with Crippen LogP contribution in [0.5, 0.6) is 5.75 Å². The molecule has 0 aliphatic carbocycles. The minimum absolute atomic E-state index is 0.0871. The van der Waals surface area contributed by atoms with E-state index in [4.69, 9.17) is 15.5 Å². The number of ether oxygens (including phenoxy) is 1. The number of hydrogen-bond acceptors (Lipinski definition) is 9. The summed E-state index contributed by atoms with van der Waals surface area (Å²) >= 11 is 0. The van der Waals surface area contributed by atoms with Crippen LogP contribution >= 0.6 is 0 Å². The van der Waals surface area contributed by atoms with Gasteiger partial charge in [-0.15, -0.1) is 0 Å². The number of hydrogen-bond donors (Lipinski definition) is 3. The van der Waals surface area contributed by atoms with E-state index in [1.165, 1.54) is 32.2 Å². The van der Waals surface area contributed by atoms with E-state index in [9.17, 15) is 18.0 Å². The monoisotopic (exact) mass is 665 g/mol. The van der Waals surface area contributed by atoms with Crippen LogP contribution in [0.15, 0.2) is 60.4 Å². The first-order chi connectivity index (χ1) is 22.9. The Morgan fingerprint density at radius 1 is 1.10 bits per heavy atom. The predicted octanol–water partition coefficient (Wildman–Crippen LogP) is 5.12. The summed E-state index contributed by atoms with van der Waals surface area (Å²) in [6.07, 6.45) is 1.02. The second kappa shape index (κ2) is 15.0. The van der Waals surface area contributed by atoms with Gasteiger partial charge in [0.2, 0.25) is 5.95 Å². The minimum Gasteiger partial charge on any atom is -0.495 e. The molecule has 1 aromatic heterocycles. The van der Waals surface area contributed by atoms with Gasteiger partial charge in [0, 0.05) is 38.3 Å². The van der Waals surface area contributed by atoms with Gasteiger partial charge in [-0.2, -0.15) is 13.2 Å². The van der Waals surface area contributed by atoms with Crippen LogP contribution in [-0.4, -0.2) is 91.5 Å². The Labute approximate surface area is 278 Å². The summed E-state index contributed by atoms with van der Waals surface area (Å²) in [5.74, 6) is 0.801. The lowest BCUT2D eigenvalue weighted by atomic mass is 9.96. The van der Waals surface area contributed by atoms with E-state index in [1.54, 1.807) is 18.3 Å². The third-order valence-electron chi connectivity index (χ3n) is 8.77. The van der Waals surface area contributed by atoms with Crippen molar-refractivity contribution in [2.24, 2.45) is 16.6 Å². The molecule has 0 saturated carbocycles. The number of halogens is 3. The first-order valence-electron chi connectivity index (χ1n) is 15.9. The van der Waals surface area contributed by atoms with Gasteiger partial charge in [0.25, 0.3) is 5.91 Å². The van der Waals surface area contributed by atoms with Gasteiger partial charge >= 0.3 is 6.18 Å². The predicted molar refractivity (Wildman–Crippen MR) is 182 cm³/mol. The summed E-state index contributed by atoms with van der Waals surface area (Å²) < 4.78 is 45.2. The first kappa shape index (κ1) is 34.6. The molecule has 11 nitrogen and oxygen atoms in total. The Balaban J connectivity index is 1.33. The Morgan fingerprint density at radius 3 is 2.50 bits per heavy atom. The van der Waals surface area contributed by atoms with E-state index in [0.29, 0.717) is 23.0 Å². The number of nitrogens with two attached hydrogens (primary N) is 1. The molecule has 2 aliphatic heterocycles. The van der Waals surface area contributed by atoms with Crippen molar-refractivity contribution in [3.8, 4) is 5.75 Å². The van der Waals surface area contributed by atoms with Crippen LogP contribution in [0.25, 0.3) is 0 Å². The summed E-state index contributed by atoms with van der Waals surface area (Å²) in [6.45, 7) is 12.4. The number of carbonyl (C=O) groups excluding carboxylic acids is 1. The Morgan fingerprint density at radius 2 is 1.83 bits per heavy atom. The lowest BCUT2D eigenvalue weighted by Crippen LogP contribution is -2.49. The fraction of sp³-hybridized carbons (Fsp3) is 0.412. The molecule has 48 heavy (non-hydrogen) atoms. The number of aromatic nitrogens is 2. The number of piperazine rings is 1. The van der Waals surface area contributed by atoms with Gasteiger partial charge in [-0.25, -0.2) is 15.0 Å². The maximum Gasteiger partial charge on any atom is 0.416 e. The van der Waals surface area contributed by atoms with Crippen molar-refractivity contribution in [2.45, 2.75) is 25.9 Å². The van der Waals surface area contributed by atoms with Crippen molar-refractivity contribution < 1.29 is 22.7 Å². The van der Waals surface area contributed by atoms with Gasteiger partial charge in [0.05, 0.1) is 35.9 Å². The van der Waals surface area contributed by atoms with Crippen molar-refractivity contribution >= 4 is 34.8 Å². The zero-order valence-electron chi connectivity index (χ0n) is 27.5. The summed E-state index contributed by atoms with van der Waals surface area (Å²) in [7, 11) is 3.49. The second-order valence-corrected chi connectivity index (χ2v) is 12.2. The van der Waals surface area contributed by atoms with Crippen molar-refractivity contribution in [2.75, 3.05) is 75.5 Å². The van der Waals surface area contributed by atoms with Gasteiger partial charge in [-0.3, -0.25) is 9.69 Å². The number of methoxy groups -OCH3 is 1. The zero-order chi connectivity index (χ0) is 34.4. The Bertz CT molecular complexity index is 1650. The first-order valence-corrected chi connectivity index (χ1v) is 15.9. The fourth-order valence-electron chi connectivity index (χ4n) is 5.91. The van der Waals surface area contributed by atoms with Crippen molar-refractivity contribution in [3.05, 3.63) is 77.8 Å². The summed E-state index contributed by atoms with van der Waals surface area (Å²) in [5.41, 5.74) is 7.68. The van der Waals surface area contributed by atoms with Gasteiger partial charge < -0.3 is 30.9 Å². The van der Waals surface area contributed by atoms with Crippen LogP contribution in [0.2, 0.25) is 0 Å². The molecule has 2 aromatic carbocycles. The highest BCUT2D eigenvalue weighted by Gasteiger charge is 2.31. The normalized spacial score (nSPS) is 16.9. The molecule has 0 spiro atoms. The molecule has 14 heteroatoms. The van der Waals surface area contributed by atoms with Crippen molar-refractivity contribution in [1.29, 1.82) is 0 Å². The molecule has 2 saturated heterocycles. The largest absolute Gasteiger partial charge is 0.495 e. The molecule has 5 rings (SSSR count). The number of benzene rings is 2. The summed E-state index contributed by atoms with van der Waals surface area (Å²) in [4.78, 5) is 34.2. The van der Waals surface area contributed by atoms with E-state index >= 15 is 0 Å². The lowest BCUT2D eigenvalue weighted by molar-refractivity contribution is -0.137. The van der Waals surface area contributed by atoms with Gasteiger partial charge in [0.15, 0.2) is 5.84 Å². The van der Waals surface area contributed by atoms with Gasteiger partial charge in [0.1, 0.15) is 11.4 Å². The number of anilines is 3. The van der Waals surface area contributed by atoms with E-state index in [0.717, 1.165) is 75.5 Å². The van der Waals surface area contributed by atoms with Crippen LogP contribution in [-0.2, 0) is 6.18 Å². The SMILES string of the molecule is C=CNc1cnc(N2CCN(CC3CCN(C)CC3)CC2)nc1C(N)=Nc1cc(C(=O)Nc2cc(C(F)(F)F)ccc2OC)ccc1C. The quantitative estimate of drug-likeness (QED) is 0.200. The molecule has 0 radical (unpaired) electrons. The van der Waals surface area contributed by atoms with Gasteiger partial charge in [-0.1, -0.05) is 12.6 Å². The molecule has 0 bridgehead atoms. The number of alkyl halides is 3. The third-order valence-corrected chi connectivity index (χ3v) is 8.77. The topological polar surface area (TPSA) is 124 Å². The smallest absolute Gasteiger partial charge is 0.416 e. The van der Waals surface area contributed by atoms with Crippen LogP contribution < -0.4 is 26.0 Å². The lowest BCUT2D eigenvalue weighted by Gasteiger charge is -2.38. The number of nitrogens with one attached hydrogen (secondary N) is 2. The van der Waals surface area contributed by atoms with Crippen LogP contribution in [0.3, 0.4) is 0 Å². The van der Waals surface area contributed by atoms with E-state index in [-0.39, 0.29) is 22.8 Å². The van der Waals surface area contributed by atoms with E-state index < -0.39 is 17.6 Å². The summed E-state index contributed by atoms with van der Waals surface area (Å²) in [5, 5.41) is 5.54. The molecule has 3 heterocycles. The summed E-state index contributed by atoms with van der Waals surface area (Å²) in [6, 6.07) is 7.64. The molecule has 256 valence electrons. The molecule has 2 fully saturated rings. The number of carbonyl (C=O) groups is 1. The fourth-order valence-corrected chi connectivity index (χ4v) is 5.91. The minimum atomic E-state index is -4.59. The highest BCUT2D eigenvalue weighted by atomic mass is 19.4. The van der Waals surface area contributed by atoms with E-state index in [1.807, 2.05) is 6.92 Å². The molecular weight excluding hydrogens is 623 g/mol. The molecule has 0 atom stereocenters. The molecule has 4 N–H and O–H groups in total. The highest BCUT2D eigenvalue weighted by molar-refractivity contribution is 6.06. The molecular formula is C34H42F3N9O2. The van der Waals surface area contributed by atoms with Crippen LogP contribution in [0, 0.1) is 12.8 Å². The number of likely N-dealkylation sites (tertiary alicyclic amines) is 1. The Hall–Kier alpha value is -4.69. The number of amides is 1. The van der Waals surface area contributed by atoms with Crippen LogP contribution in [0.1, 0.15) is 40.0 Å². The number of rotatable bonds is 10. The molecule has 1 amide bonds. The average Bonchev–Trinajstić information content (AvgIpc) is 3.07. The average molecular weight is 666 g/mol. The molecule has 0 unspecified atom stereocenters. The van der Waals surface area contributed by atoms with Gasteiger partial charge in [-0.05, 0) is 87.9 Å². The maximum absolute atomic E-state index is 13.3. The third kappa shape index (κ3) is 8.42. The standard InChI is InChI=1S/C34H42F3N9O2/c1-5-39-28-20-40-33(46-16-14-45(15-17-46)21-23-10-12-44(3)13-11-23)43-30(28)31(38)41-26-18-24(7-6-22(26)2)32(47)42-27-19-25(34(35,36)37)8-9-29(27)48-4/h5-9,18-20,23,39H,1,10-17,21H2,2-4H3,(H2,38,41)(H,42,47). The zero-order valence-corrected chi connectivity index (χ0v) is 27.5. The number of aryl methyl sites for hydroxylation is 1. The highest BCUT2D eigenvalue weighted by Crippen LogP contribution is 2.35. The number of nitrogens with zero attached hydrogens (tertiary/aromatic N) is 6. The molecule has 2 aliphatic rings. The van der Waals surface area contributed by atoms with Crippen LogP contribution in [0.4, 0.5) is 36.2 Å². The van der Waals surface area contributed by atoms with Crippen molar-refractivity contribution in [3.63, 3.8) is 0 Å². The van der Waals surface area contributed by atoms with E-state index in [2.05, 4.69) is 48.9 Å².